The fraction of sp³-hybridized carbons (Fsp3) is 0.917. The van der Waals surface area contributed by atoms with Gasteiger partial charge in [-0.25, -0.2) is 0 Å². The average Bonchev–Trinajstić information content (AvgIpc) is 2.65. The van der Waals surface area contributed by atoms with E-state index in [1.165, 1.54) is 32.1 Å². The molecule has 14 heavy (non-hydrogen) atoms. The molecule has 1 aliphatic carbocycles. The molecule has 2 aliphatic rings. The first-order chi connectivity index (χ1) is 6.81. The number of hydrogen-bond acceptors (Lipinski definition) is 1. The third-order valence-corrected chi connectivity index (χ3v) is 3.94. The van der Waals surface area contributed by atoms with Crippen molar-refractivity contribution >= 4 is 5.91 Å². The van der Waals surface area contributed by atoms with E-state index in [0.717, 1.165) is 25.3 Å². The van der Waals surface area contributed by atoms with E-state index in [9.17, 15) is 4.79 Å². The van der Waals surface area contributed by atoms with Crippen molar-refractivity contribution in [3.8, 4) is 0 Å². The molecule has 0 bridgehead atoms. The van der Waals surface area contributed by atoms with E-state index in [1.54, 1.807) is 0 Å². The lowest BCUT2D eigenvalue weighted by Gasteiger charge is -2.34. The highest BCUT2D eigenvalue weighted by atomic mass is 16.2. The van der Waals surface area contributed by atoms with Gasteiger partial charge in [-0.3, -0.25) is 4.79 Å². The maximum absolute atomic E-state index is 11.6. The van der Waals surface area contributed by atoms with Crippen LogP contribution in [-0.4, -0.2) is 23.4 Å². The molecule has 1 amide bonds. The predicted molar refractivity (Wildman–Crippen MR) is 57.0 cm³/mol. The molecule has 0 atom stereocenters. The molecule has 80 valence electrons. The van der Waals surface area contributed by atoms with E-state index in [4.69, 9.17) is 0 Å². The molecule has 0 spiro atoms. The van der Waals surface area contributed by atoms with Crippen LogP contribution in [0.3, 0.4) is 0 Å². The van der Waals surface area contributed by atoms with Crippen LogP contribution >= 0.6 is 0 Å². The summed E-state index contributed by atoms with van der Waals surface area (Å²) in [7, 11) is 0. The van der Waals surface area contributed by atoms with Gasteiger partial charge in [0.2, 0.25) is 5.91 Å². The number of carbonyl (C=O) groups is 1. The molecule has 0 aromatic carbocycles. The van der Waals surface area contributed by atoms with Crippen molar-refractivity contribution in [3.63, 3.8) is 0 Å². The molecule has 0 unspecified atom stereocenters. The second kappa shape index (κ2) is 4.33. The van der Waals surface area contributed by atoms with Crippen LogP contribution in [-0.2, 0) is 4.79 Å². The van der Waals surface area contributed by atoms with Crippen LogP contribution in [0.2, 0.25) is 0 Å². The smallest absolute Gasteiger partial charge is 0.222 e. The maximum atomic E-state index is 11.6. The van der Waals surface area contributed by atoms with Crippen LogP contribution in [0.4, 0.5) is 0 Å². The standard InChI is InChI=1S/C12H21NO/c1-2-10-5-7-11(8-6-10)13-9-3-4-12(13)14/h10-11H,2-9H2,1H3. The van der Waals surface area contributed by atoms with E-state index in [0.29, 0.717) is 11.9 Å². The lowest BCUT2D eigenvalue weighted by atomic mass is 9.84. The third kappa shape index (κ3) is 1.94. The van der Waals surface area contributed by atoms with Crippen molar-refractivity contribution in [1.82, 2.24) is 4.90 Å². The second-order valence-corrected chi connectivity index (χ2v) is 4.77. The summed E-state index contributed by atoms with van der Waals surface area (Å²) in [6.45, 7) is 3.31. The van der Waals surface area contributed by atoms with Crippen LogP contribution < -0.4 is 0 Å². The maximum Gasteiger partial charge on any atom is 0.222 e. The molecule has 2 nitrogen and oxygen atoms in total. The number of rotatable bonds is 2. The van der Waals surface area contributed by atoms with Crippen LogP contribution in [0.1, 0.15) is 51.9 Å². The number of nitrogens with zero attached hydrogens (tertiary/aromatic N) is 1. The van der Waals surface area contributed by atoms with E-state index in [2.05, 4.69) is 11.8 Å². The quantitative estimate of drug-likeness (QED) is 0.663. The highest BCUT2D eigenvalue weighted by molar-refractivity contribution is 5.78. The van der Waals surface area contributed by atoms with Crippen molar-refractivity contribution in [2.45, 2.75) is 57.9 Å². The zero-order chi connectivity index (χ0) is 9.97. The Kier molecular flexibility index (Phi) is 3.09. The van der Waals surface area contributed by atoms with Gasteiger partial charge < -0.3 is 4.90 Å². The predicted octanol–water partition coefficient (Wildman–Crippen LogP) is 2.58. The summed E-state index contributed by atoms with van der Waals surface area (Å²) in [6.07, 6.45) is 8.39. The van der Waals surface area contributed by atoms with Gasteiger partial charge in [-0.05, 0) is 38.0 Å². The summed E-state index contributed by atoms with van der Waals surface area (Å²) in [4.78, 5) is 13.7. The first-order valence-corrected chi connectivity index (χ1v) is 6.10. The monoisotopic (exact) mass is 195 g/mol. The Bertz CT molecular complexity index is 206. The molecular weight excluding hydrogens is 174 g/mol. The van der Waals surface area contributed by atoms with Gasteiger partial charge in [0, 0.05) is 19.0 Å². The molecule has 1 aliphatic heterocycles. The minimum Gasteiger partial charge on any atom is -0.340 e. The SMILES string of the molecule is CCC1CCC(N2CCCC2=O)CC1. The molecule has 2 heteroatoms. The molecular formula is C12H21NO. The molecule has 2 rings (SSSR count). The van der Waals surface area contributed by atoms with Gasteiger partial charge in [-0.1, -0.05) is 13.3 Å². The fourth-order valence-corrected chi connectivity index (χ4v) is 2.92. The molecule has 1 saturated carbocycles. The number of hydrogen-bond donors (Lipinski definition) is 0. The molecule has 1 saturated heterocycles. The van der Waals surface area contributed by atoms with Crippen molar-refractivity contribution in [1.29, 1.82) is 0 Å². The summed E-state index contributed by atoms with van der Waals surface area (Å²) >= 11 is 0. The lowest BCUT2D eigenvalue weighted by molar-refractivity contribution is -0.130. The van der Waals surface area contributed by atoms with Gasteiger partial charge in [0.15, 0.2) is 0 Å². The Balaban J connectivity index is 1.85. The molecule has 0 aromatic heterocycles. The highest BCUT2D eigenvalue weighted by Crippen LogP contribution is 2.31. The summed E-state index contributed by atoms with van der Waals surface area (Å²) in [5.41, 5.74) is 0. The third-order valence-electron chi connectivity index (χ3n) is 3.94. The van der Waals surface area contributed by atoms with E-state index >= 15 is 0 Å². The highest BCUT2D eigenvalue weighted by Gasteiger charge is 2.30. The van der Waals surface area contributed by atoms with Gasteiger partial charge >= 0.3 is 0 Å². The zero-order valence-electron chi connectivity index (χ0n) is 9.17. The van der Waals surface area contributed by atoms with Crippen LogP contribution in [0.15, 0.2) is 0 Å². The first kappa shape index (κ1) is 10.0. The number of amides is 1. The van der Waals surface area contributed by atoms with E-state index < -0.39 is 0 Å². The summed E-state index contributed by atoms with van der Waals surface area (Å²) in [6, 6.07) is 0.591. The lowest BCUT2D eigenvalue weighted by Crippen LogP contribution is -2.38. The van der Waals surface area contributed by atoms with Gasteiger partial charge in [0.1, 0.15) is 0 Å². The minimum atomic E-state index is 0.407. The van der Waals surface area contributed by atoms with Gasteiger partial charge in [-0.15, -0.1) is 0 Å². The van der Waals surface area contributed by atoms with Gasteiger partial charge in [0.25, 0.3) is 0 Å². The Morgan fingerprint density at radius 3 is 2.50 bits per heavy atom. The number of carbonyl (C=O) groups excluding carboxylic acids is 1. The normalized spacial score (nSPS) is 33.8. The Hall–Kier alpha value is -0.530. The van der Waals surface area contributed by atoms with Gasteiger partial charge in [-0.2, -0.15) is 0 Å². The Morgan fingerprint density at radius 2 is 2.00 bits per heavy atom. The summed E-state index contributed by atoms with van der Waals surface area (Å²) in [5.74, 6) is 1.34. The summed E-state index contributed by atoms with van der Waals surface area (Å²) < 4.78 is 0. The van der Waals surface area contributed by atoms with Gasteiger partial charge in [0.05, 0.1) is 0 Å². The largest absolute Gasteiger partial charge is 0.340 e. The van der Waals surface area contributed by atoms with Crippen LogP contribution in [0, 0.1) is 5.92 Å². The topological polar surface area (TPSA) is 20.3 Å². The van der Waals surface area contributed by atoms with Crippen LogP contribution in [0.5, 0.6) is 0 Å². The molecule has 0 aromatic rings. The second-order valence-electron chi connectivity index (χ2n) is 4.77. The molecule has 0 N–H and O–H groups in total. The van der Waals surface area contributed by atoms with Crippen molar-refractivity contribution in [2.75, 3.05) is 6.54 Å². The Morgan fingerprint density at radius 1 is 1.29 bits per heavy atom. The van der Waals surface area contributed by atoms with E-state index in [1.807, 2.05) is 0 Å². The minimum absolute atomic E-state index is 0.407. The average molecular weight is 195 g/mol. The molecule has 2 fully saturated rings. The first-order valence-electron chi connectivity index (χ1n) is 6.10. The van der Waals surface area contributed by atoms with Crippen molar-refractivity contribution in [2.24, 2.45) is 5.92 Å². The van der Waals surface area contributed by atoms with Crippen LogP contribution in [0.25, 0.3) is 0 Å². The summed E-state index contributed by atoms with van der Waals surface area (Å²) in [5, 5.41) is 0. The van der Waals surface area contributed by atoms with Crippen molar-refractivity contribution in [3.05, 3.63) is 0 Å². The Labute approximate surface area is 86.7 Å². The number of likely N-dealkylation sites (tertiary alicyclic amines) is 1. The fourth-order valence-electron chi connectivity index (χ4n) is 2.92. The molecule has 1 heterocycles. The zero-order valence-corrected chi connectivity index (χ0v) is 9.17. The molecule has 0 radical (unpaired) electrons. The van der Waals surface area contributed by atoms with Crippen molar-refractivity contribution < 1.29 is 4.79 Å². The van der Waals surface area contributed by atoms with E-state index in [-0.39, 0.29) is 0 Å².